The predicted octanol–water partition coefficient (Wildman–Crippen LogP) is 2.66. The minimum Gasteiger partial charge on any atom is -0.381 e. The summed E-state index contributed by atoms with van der Waals surface area (Å²) in [6.45, 7) is 8.40. The Bertz CT molecular complexity index is 187. The molecule has 1 saturated carbocycles. The van der Waals surface area contributed by atoms with Gasteiger partial charge in [0.2, 0.25) is 0 Å². The molecule has 0 radical (unpaired) electrons. The van der Waals surface area contributed by atoms with Crippen LogP contribution in [0.4, 0.5) is 0 Å². The van der Waals surface area contributed by atoms with Crippen LogP contribution in [-0.2, 0) is 9.53 Å². The van der Waals surface area contributed by atoms with Crippen LogP contribution in [-0.4, -0.2) is 19.5 Å². The molecule has 0 N–H and O–H groups in total. The molecule has 1 fully saturated rings. The van der Waals surface area contributed by atoms with Gasteiger partial charge < -0.3 is 9.53 Å². The van der Waals surface area contributed by atoms with Crippen LogP contribution in [0.25, 0.3) is 0 Å². The normalized spacial score (nSPS) is 30.5. The number of carbonyl (C=O) groups is 1. The number of hydrogen-bond donors (Lipinski definition) is 0. The molecular formula is C12H22O2. The Balaban J connectivity index is 2.28. The van der Waals surface area contributed by atoms with E-state index in [2.05, 4.69) is 20.8 Å². The molecule has 2 atom stereocenters. The van der Waals surface area contributed by atoms with Gasteiger partial charge in [-0.2, -0.15) is 0 Å². The Morgan fingerprint density at radius 2 is 2.14 bits per heavy atom. The van der Waals surface area contributed by atoms with E-state index in [4.69, 9.17) is 4.74 Å². The first-order chi connectivity index (χ1) is 6.59. The van der Waals surface area contributed by atoms with Crippen molar-refractivity contribution in [3.8, 4) is 0 Å². The molecule has 0 saturated heterocycles. The van der Waals surface area contributed by atoms with Crippen molar-refractivity contribution in [2.45, 2.75) is 40.0 Å². The van der Waals surface area contributed by atoms with Crippen molar-refractivity contribution in [3.63, 3.8) is 0 Å². The molecular weight excluding hydrogens is 176 g/mol. The molecule has 1 aliphatic carbocycles. The fraction of sp³-hybridized carbons (Fsp3) is 0.917. The number of rotatable bonds is 5. The summed E-state index contributed by atoms with van der Waals surface area (Å²) in [4.78, 5) is 10.1. The lowest BCUT2D eigenvalue weighted by Gasteiger charge is -2.31. The van der Waals surface area contributed by atoms with Gasteiger partial charge >= 0.3 is 0 Å². The Hall–Kier alpha value is -0.370. The van der Waals surface area contributed by atoms with Gasteiger partial charge in [0.1, 0.15) is 6.29 Å². The van der Waals surface area contributed by atoms with E-state index >= 15 is 0 Å². The van der Waals surface area contributed by atoms with E-state index in [-0.39, 0.29) is 0 Å². The fourth-order valence-electron chi connectivity index (χ4n) is 2.25. The molecule has 82 valence electrons. The highest BCUT2D eigenvalue weighted by Crippen LogP contribution is 2.46. The van der Waals surface area contributed by atoms with Crippen molar-refractivity contribution in [1.82, 2.24) is 0 Å². The van der Waals surface area contributed by atoms with Crippen LogP contribution in [0, 0.1) is 17.3 Å². The monoisotopic (exact) mass is 198 g/mol. The molecule has 1 rings (SSSR count). The number of carbonyl (C=O) groups excluding carboxylic acids is 1. The van der Waals surface area contributed by atoms with Crippen LogP contribution in [0.1, 0.15) is 40.0 Å². The first kappa shape index (κ1) is 11.7. The van der Waals surface area contributed by atoms with Gasteiger partial charge in [0, 0.05) is 13.0 Å². The van der Waals surface area contributed by atoms with Crippen molar-refractivity contribution in [2.24, 2.45) is 17.3 Å². The second-order valence-corrected chi connectivity index (χ2v) is 5.03. The Kier molecular flexibility index (Phi) is 4.11. The second-order valence-electron chi connectivity index (χ2n) is 5.03. The zero-order chi connectivity index (χ0) is 10.6. The fourth-order valence-corrected chi connectivity index (χ4v) is 2.25. The van der Waals surface area contributed by atoms with Gasteiger partial charge in [-0.1, -0.05) is 20.8 Å². The van der Waals surface area contributed by atoms with Crippen LogP contribution >= 0.6 is 0 Å². The van der Waals surface area contributed by atoms with E-state index in [1.54, 1.807) is 0 Å². The van der Waals surface area contributed by atoms with Gasteiger partial charge in [-0.25, -0.2) is 0 Å². The molecule has 0 heterocycles. The van der Waals surface area contributed by atoms with Gasteiger partial charge in [-0.05, 0) is 30.1 Å². The van der Waals surface area contributed by atoms with E-state index in [1.165, 1.54) is 12.8 Å². The van der Waals surface area contributed by atoms with Crippen LogP contribution in [0.2, 0.25) is 0 Å². The highest BCUT2D eigenvalue weighted by molar-refractivity contribution is 5.49. The van der Waals surface area contributed by atoms with Crippen molar-refractivity contribution in [2.75, 3.05) is 13.2 Å². The van der Waals surface area contributed by atoms with E-state index in [0.29, 0.717) is 24.4 Å². The summed E-state index contributed by atoms with van der Waals surface area (Å²) in [5.41, 5.74) is 0.404. The van der Waals surface area contributed by atoms with Crippen molar-refractivity contribution < 1.29 is 9.53 Å². The lowest BCUT2D eigenvalue weighted by Crippen LogP contribution is -2.27. The van der Waals surface area contributed by atoms with Gasteiger partial charge in [0.25, 0.3) is 0 Å². The van der Waals surface area contributed by atoms with Crippen molar-refractivity contribution in [1.29, 1.82) is 0 Å². The van der Waals surface area contributed by atoms with E-state index in [1.807, 2.05) is 0 Å². The highest BCUT2D eigenvalue weighted by Gasteiger charge is 2.40. The SMILES string of the molecule is CC1CC[C@H](COCCC=O)C1(C)C. The third kappa shape index (κ3) is 2.57. The van der Waals surface area contributed by atoms with E-state index in [9.17, 15) is 4.79 Å². The molecule has 0 aromatic rings. The zero-order valence-corrected chi connectivity index (χ0v) is 9.58. The molecule has 2 nitrogen and oxygen atoms in total. The first-order valence-corrected chi connectivity index (χ1v) is 5.60. The molecule has 2 heteroatoms. The third-order valence-corrected chi connectivity index (χ3v) is 3.97. The van der Waals surface area contributed by atoms with Gasteiger partial charge in [0.15, 0.2) is 0 Å². The summed E-state index contributed by atoms with van der Waals surface area (Å²) in [7, 11) is 0. The maximum atomic E-state index is 10.1. The van der Waals surface area contributed by atoms with Crippen LogP contribution in [0.3, 0.4) is 0 Å². The predicted molar refractivity (Wildman–Crippen MR) is 57.2 cm³/mol. The molecule has 0 amide bonds. The molecule has 1 unspecified atom stereocenters. The maximum absolute atomic E-state index is 10.1. The van der Waals surface area contributed by atoms with Crippen LogP contribution in [0.15, 0.2) is 0 Å². The Morgan fingerprint density at radius 1 is 1.43 bits per heavy atom. The van der Waals surface area contributed by atoms with E-state index in [0.717, 1.165) is 18.8 Å². The van der Waals surface area contributed by atoms with Crippen LogP contribution < -0.4 is 0 Å². The molecule has 0 aliphatic heterocycles. The van der Waals surface area contributed by atoms with E-state index < -0.39 is 0 Å². The molecule has 0 aromatic heterocycles. The molecule has 0 spiro atoms. The summed E-state index contributed by atoms with van der Waals surface area (Å²) in [6.07, 6.45) is 4.04. The number of ether oxygens (including phenoxy) is 1. The minimum atomic E-state index is 0.404. The largest absolute Gasteiger partial charge is 0.381 e. The van der Waals surface area contributed by atoms with Gasteiger partial charge in [-0.15, -0.1) is 0 Å². The average Bonchev–Trinajstić information content (AvgIpc) is 2.38. The van der Waals surface area contributed by atoms with Gasteiger partial charge in [0.05, 0.1) is 6.61 Å². The quantitative estimate of drug-likeness (QED) is 0.501. The third-order valence-electron chi connectivity index (χ3n) is 3.97. The second kappa shape index (κ2) is 4.92. The summed E-state index contributed by atoms with van der Waals surface area (Å²) in [5, 5.41) is 0. The minimum absolute atomic E-state index is 0.404. The lowest BCUT2D eigenvalue weighted by molar-refractivity contribution is -0.109. The van der Waals surface area contributed by atoms with Gasteiger partial charge in [-0.3, -0.25) is 0 Å². The standard InChI is InChI=1S/C12H22O2/c1-10-5-6-11(12(10,2)3)9-14-8-4-7-13/h7,10-11H,4-6,8-9H2,1-3H3/t10?,11-/m1/s1. The summed E-state index contributed by atoms with van der Waals surface area (Å²) >= 11 is 0. The lowest BCUT2D eigenvalue weighted by atomic mass is 9.77. The molecule has 0 bridgehead atoms. The molecule has 1 aliphatic rings. The Morgan fingerprint density at radius 3 is 2.64 bits per heavy atom. The average molecular weight is 198 g/mol. The maximum Gasteiger partial charge on any atom is 0.122 e. The number of aldehydes is 1. The summed E-state index contributed by atoms with van der Waals surface area (Å²) in [6, 6.07) is 0. The topological polar surface area (TPSA) is 26.3 Å². The van der Waals surface area contributed by atoms with Crippen molar-refractivity contribution >= 4 is 6.29 Å². The summed E-state index contributed by atoms with van der Waals surface area (Å²) < 4.78 is 5.51. The molecule has 0 aromatic carbocycles. The Labute approximate surface area is 87.0 Å². The first-order valence-electron chi connectivity index (χ1n) is 5.60. The molecule has 14 heavy (non-hydrogen) atoms. The summed E-state index contributed by atoms with van der Waals surface area (Å²) in [5.74, 6) is 1.46. The van der Waals surface area contributed by atoms with Crippen molar-refractivity contribution in [3.05, 3.63) is 0 Å². The highest BCUT2D eigenvalue weighted by atomic mass is 16.5. The van der Waals surface area contributed by atoms with Crippen LogP contribution in [0.5, 0.6) is 0 Å². The number of hydrogen-bond acceptors (Lipinski definition) is 2. The zero-order valence-electron chi connectivity index (χ0n) is 9.58. The smallest absolute Gasteiger partial charge is 0.122 e.